The van der Waals surface area contributed by atoms with Gasteiger partial charge in [-0.1, -0.05) is 35.5 Å². The molecule has 0 aliphatic carbocycles. The lowest BCUT2D eigenvalue weighted by molar-refractivity contribution is 0.286. The molecule has 2 heterocycles. The maximum atomic E-state index is 12.6. The third-order valence-electron chi connectivity index (χ3n) is 3.37. The highest BCUT2D eigenvalue weighted by Crippen LogP contribution is 2.35. The van der Waals surface area contributed by atoms with Crippen LogP contribution in [-0.2, 0) is 17.6 Å². The van der Waals surface area contributed by atoms with Crippen LogP contribution in [0.4, 0.5) is 5.69 Å². The summed E-state index contributed by atoms with van der Waals surface area (Å²) in [4.78, 5) is 2.29. The van der Waals surface area contributed by atoms with Crippen molar-refractivity contribution in [1.29, 1.82) is 0 Å². The minimum absolute atomic E-state index is 0.112. The van der Waals surface area contributed by atoms with E-state index >= 15 is 0 Å². The van der Waals surface area contributed by atoms with Gasteiger partial charge in [0.2, 0.25) is 0 Å². The van der Waals surface area contributed by atoms with Gasteiger partial charge in [0.15, 0.2) is 16.7 Å². The average molecular weight is 380 g/mol. The van der Waals surface area contributed by atoms with E-state index in [-0.39, 0.29) is 6.61 Å². The smallest absolute Gasteiger partial charge is 0.155 e. The van der Waals surface area contributed by atoms with Crippen molar-refractivity contribution in [2.24, 2.45) is 0 Å². The molecule has 3 rings (SSSR count). The Hall–Kier alpha value is -2.00. The number of aromatic nitrogens is 1. The van der Waals surface area contributed by atoms with Crippen LogP contribution < -0.4 is 4.72 Å². The number of aliphatic hydroxyl groups excluding tert-OH is 2. The number of aliphatic hydroxyl groups is 2. The van der Waals surface area contributed by atoms with Crippen molar-refractivity contribution < 1.29 is 18.9 Å². The molecule has 0 bridgehead atoms. The predicted octanol–water partition coefficient (Wildman–Crippen LogP) is 3.26. The Morgan fingerprint density at radius 3 is 2.48 bits per heavy atom. The largest absolute Gasteiger partial charge is 0.400 e. The maximum absolute atomic E-state index is 12.6. The van der Waals surface area contributed by atoms with E-state index in [4.69, 9.17) is 9.63 Å². The maximum Gasteiger partial charge on any atom is 0.155 e. The van der Waals surface area contributed by atoms with Crippen LogP contribution in [0.25, 0.3) is 10.4 Å². The first kappa shape index (κ1) is 19.3. The van der Waals surface area contributed by atoms with Gasteiger partial charge in [-0.3, -0.25) is 4.72 Å². The number of hydrogen-bond donors (Lipinski definition) is 3. The van der Waals surface area contributed by atoms with Crippen molar-refractivity contribution in [3.8, 4) is 10.4 Å². The normalized spacial score (nSPS) is 11.6. The van der Waals surface area contributed by atoms with Crippen molar-refractivity contribution in [1.82, 2.24) is 5.16 Å². The van der Waals surface area contributed by atoms with Gasteiger partial charge >= 0.3 is 0 Å². The van der Waals surface area contributed by atoms with Gasteiger partial charge in [-0.15, -0.1) is 11.3 Å². The van der Waals surface area contributed by atoms with Gasteiger partial charge < -0.3 is 14.7 Å². The lowest BCUT2D eigenvalue weighted by atomic mass is 10.2. The molecule has 8 heteroatoms. The first-order valence-corrected chi connectivity index (χ1v) is 9.41. The monoisotopic (exact) mass is 380 g/mol. The molecule has 0 aliphatic rings. The molecule has 1 unspecified atom stereocenters. The Bertz CT molecular complexity index is 824. The van der Waals surface area contributed by atoms with Gasteiger partial charge in [-0.05, 0) is 25.5 Å². The van der Waals surface area contributed by atoms with E-state index in [2.05, 4.69) is 9.88 Å². The molecule has 1 atom stereocenters. The predicted molar refractivity (Wildman–Crippen MR) is 99.8 cm³/mol. The van der Waals surface area contributed by atoms with Crippen LogP contribution in [0.1, 0.15) is 16.3 Å². The highest BCUT2D eigenvalue weighted by molar-refractivity contribution is 7.86. The van der Waals surface area contributed by atoms with Crippen molar-refractivity contribution in [3.63, 3.8) is 0 Å². The lowest BCUT2D eigenvalue weighted by Gasteiger charge is -2.05. The summed E-state index contributed by atoms with van der Waals surface area (Å²) in [6.45, 7) is 3.37. The van der Waals surface area contributed by atoms with Crippen LogP contribution in [-0.4, -0.2) is 26.7 Å². The SMILES string of the molecule is CO.Cc1noc(C)c1S(=O)Nc1cc(-c2ccccc2)sc1CO. The molecule has 2 aromatic heterocycles. The Labute approximate surface area is 152 Å². The van der Waals surface area contributed by atoms with Crippen molar-refractivity contribution in [2.75, 3.05) is 11.8 Å². The molecule has 3 aromatic rings. The summed E-state index contributed by atoms with van der Waals surface area (Å²) in [7, 11) is -0.492. The molecule has 0 saturated carbocycles. The molecule has 3 N–H and O–H groups in total. The zero-order valence-corrected chi connectivity index (χ0v) is 15.8. The van der Waals surface area contributed by atoms with Crippen molar-refractivity contribution >= 4 is 28.0 Å². The molecule has 0 aliphatic heterocycles. The first-order chi connectivity index (χ1) is 12.1. The number of nitrogens with one attached hydrogen (secondary N) is 1. The van der Waals surface area contributed by atoms with Gasteiger partial charge in [0.1, 0.15) is 4.90 Å². The Balaban J connectivity index is 0.00000109. The molecule has 0 saturated heterocycles. The van der Waals surface area contributed by atoms with Crippen LogP contribution >= 0.6 is 11.3 Å². The quantitative estimate of drug-likeness (QED) is 0.631. The summed E-state index contributed by atoms with van der Waals surface area (Å²) in [6.07, 6.45) is 0. The third kappa shape index (κ3) is 4.35. The highest BCUT2D eigenvalue weighted by atomic mass is 32.2. The second kappa shape index (κ2) is 8.91. The average Bonchev–Trinajstić information content (AvgIpc) is 3.20. The summed E-state index contributed by atoms with van der Waals surface area (Å²) in [5.74, 6) is 0.525. The van der Waals surface area contributed by atoms with E-state index in [9.17, 15) is 9.32 Å². The third-order valence-corrected chi connectivity index (χ3v) is 5.89. The molecule has 0 amide bonds. The van der Waals surface area contributed by atoms with E-state index in [0.717, 1.165) is 22.4 Å². The minimum Gasteiger partial charge on any atom is -0.400 e. The topological polar surface area (TPSA) is 95.6 Å². The Morgan fingerprint density at radius 1 is 1.24 bits per heavy atom. The summed E-state index contributed by atoms with van der Waals surface area (Å²) < 4.78 is 20.6. The fraction of sp³-hybridized carbons (Fsp3) is 0.235. The molecule has 134 valence electrons. The summed E-state index contributed by atoms with van der Waals surface area (Å²) in [5, 5.41) is 20.4. The van der Waals surface area contributed by atoms with Crippen LogP contribution in [0.5, 0.6) is 0 Å². The molecule has 1 aromatic carbocycles. The number of rotatable bonds is 5. The minimum atomic E-state index is -1.49. The molecule has 0 fully saturated rings. The number of thiophene rings is 1. The first-order valence-electron chi connectivity index (χ1n) is 7.45. The number of aryl methyl sites for hydroxylation is 2. The van der Waals surface area contributed by atoms with Gasteiger partial charge in [0.05, 0.1) is 22.9 Å². The van der Waals surface area contributed by atoms with E-state index < -0.39 is 11.0 Å². The van der Waals surface area contributed by atoms with Crippen molar-refractivity contribution in [2.45, 2.75) is 25.3 Å². The zero-order chi connectivity index (χ0) is 18.4. The van der Waals surface area contributed by atoms with Gasteiger partial charge in [0.25, 0.3) is 0 Å². The number of anilines is 1. The summed E-state index contributed by atoms with van der Waals surface area (Å²) >= 11 is 1.47. The van der Waals surface area contributed by atoms with E-state index in [0.29, 0.717) is 22.0 Å². The van der Waals surface area contributed by atoms with E-state index in [1.165, 1.54) is 11.3 Å². The van der Waals surface area contributed by atoms with E-state index in [1.807, 2.05) is 36.4 Å². The zero-order valence-electron chi connectivity index (χ0n) is 14.1. The Morgan fingerprint density at radius 2 is 1.92 bits per heavy atom. The molecule has 25 heavy (non-hydrogen) atoms. The van der Waals surface area contributed by atoms with Crippen LogP contribution in [0.15, 0.2) is 45.8 Å². The fourth-order valence-electron chi connectivity index (χ4n) is 2.27. The van der Waals surface area contributed by atoms with Gasteiger partial charge in [-0.25, -0.2) is 4.21 Å². The van der Waals surface area contributed by atoms with E-state index in [1.54, 1.807) is 13.8 Å². The summed E-state index contributed by atoms with van der Waals surface area (Å²) in [6, 6.07) is 11.8. The Kier molecular flexibility index (Phi) is 6.89. The second-order valence-electron chi connectivity index (χ2n) is 5.00. The molecular weight excluding hydrogens is 360 g/mol. The number of hydrogen-bond acceptors (Lipinski definition) is 6. The van der Waals surface area contributed by atoms with Crippen LogP contribution in [0, 0.1) is 13.8 Å². The molecular formula is C17H20N2O4S2. The summed E-state index contributed by atoms with van der Waals surface area (Å²) in [5.41, 5.74) is 2.32. The standard InChI is InChI=1S/C16H16N2O3S2.CH4O/c1-10-16(11(2)21-17-10)23(20)18-13-8-14(22-15(13)9-19)12-6-4-3-5-7-12;1-2/h3-8,18-19H,9H2,1-2H3;2H,1H3. The molecule has 0 radical (unpaired) electrons. The number of nitrogens with zero attached hydrogens (tertiary/aromatic N) is 1. The lowest BCUT2D eigenvalue weighted by Crippen LogP contribution is -2.07. The molecule has 0 spiro atoms. The highest BCUT2D eigenvalue weighted by Gasteiger charge is 2.19. The van der Waals surface area contributed by atoms with Crippen LogP contribution in [0.3, 0.4) is 0 Å². The van der Waals surface area contributed by atoms with Gasteiger partial charge in [-0.2, -0.15) is 0 Å². The molecule has 6 nitrogen and oxygen atoms in total. The van der Waals surface area contributed by atoms with Crippen molar-refractivity contribution in [3.05, 3.63) is 52.7 Å². The number of benzene rings is 1. The van der Waals surface area contributed by atoms with Gasteiger partial charge in [0, 0.05) is 12.0 Å². The second-order valence-corrected chi connectivity index (χ2v) is 7.28. The van der Waals surface area contributed by atoms with Crippen LogP contribution in [0.2, 0.25) is 0 Å². The fourth-order valence-corrected chi connectivity index (χ4v) is 4.40.